The monoisotopic (exact) mass is 247 g/mol. The number of benzene rings is 1. The van der Waals surface area contributed by atoms with Gasteiger partial charge >= 0.3 is 5.97 Å². The van der Waals surface area contributed by atoms with Crippen LogP contribution in [-0.2, 0) is 0 Å². The van der Waals surface area contributed by atoms with Crippen molar-refractivity contribution in [1.29, 1.82) is 0 Å². The van der Waals surface area contributed by atoms with E-state index in [0.29, 0.717) is 11.4 Å². The molecule has 0 unspecified atom stereocenters. The molecule has 2 aromatic rings. The maximum absolute atomic E-state index is 14.0. The predicted molar refractivity (Wildman–Crippen MR) is 63.1 cm³/mol. The number of nitrogens with zero attached hydrogens (tertiary/aromatic N) is 1. The first-order valence-electron chi connectivity index (χ1n) is 5.15. The van der Waals surface area contributed by atoms with E-state index in [-0.39, 0.29) is 11.1 Å². The van der Waals surface area contributed by atoms with Crippen molar-refractivity contribution in [3.63, 3.8) is 0 Å². The lowest BCUT2D eigenvalue weighted by atomic mass is 10.0. The number of carbonyl (C=O) groups is 1. The Morgan fingerprint density at radius 3 is 2.83 bits per heavy atom. The summed E-state index contributed by atoms with van der Waals surface area (Å²) in [5.41, 5.74) is 0.362. The molecule has 0 aliphatic rings. The maximum Gasteiger partial charge on any atom is 0.338 e. The van der Waals surface area contributed by atoms with Crippen LogP contribution >= 0.6 is 0 Å². The Morgan fingerprint density at radius 1 is 1.39 bits per heavy atom. The molecule has 0 amide bonds. The molecule has 0 bridgehead atoms. The number of carboxylic acid groups (broad SMARTS) is 1. The molecule has 0 aliphatic heterocycles. The lowest BCUT2D eigenvalue weighted by Gasteiger charge is -2.07. The third-order valence-corrected chi connectivity index (χ3v) is 2.48. The number of aromatic nitrogens is 1. The van der Waals surface area contributed by atoms with Crippen LogP contribution in [0.3, 0.4) is 0 Å². The van der Waals surface area contributed by atoms with Gasteiger partial charge in [0.1, 0.15) is 5.82 Å². The molecule has 2 rings (SSSR count). The smallest absolute Gasteiger partial charge is 0.338 e. The molecule has 5 heteroatoms. The van der Waals surface area contributed by atoms with E-state index in [1.54, 1.807) is 12.1 Å². The van der Waals surface area contributed by atoms with Gasteiger partial charge in [-0.15, -0.1) is 0 Å². The zero-order valence-corrected chi connectivity index (χ0v) is 9.55. The van der Waals surface area contributed by atoms with E-state index in [1.165, 1.54) is 31.5 Å². The molecule has 18 heavy (non-hydrogen) atoms. The summed E-state index contributed by atoms with van der Waals surface area (Å²) >= 11 is 0. The van der Waals surface area contributed by atoms with Gasteiger partial charge in [-0.05, 0) is 17.7 Å². The number of hydrogen-bond acceptors (Lipinski definition) is 3. The molecule has 4 nitrogen and oxygen atoms in total. The molecule has 0 saturated heterocycles. The highest BCUT2D eigenvalue weighted by Crippen LogP contribution is 2.26. The van der Waals surface area contributed by atoms with E-state index in [2.05, 4.69) is 4.98 Å². The molecule has 0 fully saturated rings. The van der Waals surface area contributed by atoms with Crippen LogP contribution in [-0.4, -0.2) is 23.2 Å². The molecule has 0 aliphatic carbocycles. The molecule has 0 spiro atoms. The first kappa shape index (κ1) is 12.0. The van der Waals surface area contributed by atoms with E-state index in [0.717, 1.165) is 0 Å². The average Bonchev–Trinajstić information content (AvgIpc) is 2.38. The van der Waals surface area contributed by atoms with E-state index in [9.17, 15) is 9.18 Å². The quantitative estimate of drug-likeness (QED) is 0.905. The minimum atomic E-state index is -1.30. The van der Waals surface area contributed by atoms with E-state index in [1.807, 2.05) is 0 Å². The van der Waals surface area contributed by atoms with E-state index < -0.39 is 11.8 Å². The first-order valence-corrected chi connectivity index (χ1v) is 5.15. The van der Waals surface area contributed by atoms with Crippen LogP contribution in [0.15, 0.2) is 36.5 Å². The molecule has 1 aromatic heterocycles. The Bertz CT molecular complexity index is 599. The van der Waals surface area contributed by atoms with Gasteiger partial charge in [-0.3, -0.25) is 0 Å². The molecule has 0 saturated carbocycles. The number of carboxylic acids is 1. The van der Waals surface area contributed by atoms with Crippen molar-refractivity contribution in [3.8, 4) is 17.0 Å². The van der Waals surface area contributed by atoms with Crippen LogP contribution in [0.1, 0.15) is 10.4 Å². The maximum atomic E-state index is 14.0. The molecule has 1 aromatic carbocycles. The lowest BCUT2D eigenvalue weighted by Crippen LogP contribution is -2.01. The number of ether oxygens (including phenoxy) is 1. The number of pyridine rings is 1. The highest BCUT2D eigenvalue weighted by atomic mass is 19.1. The van der Waals surface area contributed by atoms with Crippen molar-refractivity contribution in [3.05, 3.63) is 47.9 Å². The van der Waals surface area contributed by atoms with Crippen molar-refractivity contribution < 1.29 is 19.0 Å². The van der Waals surface area contributed by atoms with Crippen LogP contribution in [0, 0.1) is 5.82 Å². The molecule has 0 atom stereocenters. The molecule has 0 radical (unpaired) electrons. The van der Waals surface area contributed by atoms with E-state index >= 15 is 0 Å². The van der Waals surface area contributed by atoms with Crippen LogP contribution in [0.25, 0.3) is 11.1 Å². The zero-order valence-electron chi connectivity index (χ0n) is 9.55. The van der Waals surface area contributed by atoms with Gasteiger partial charge in [-0.2, -0.15) is 0 Å². The summed E-state index contributed by atoms with van der Waals surface area (Å²) in [6.45, 7) is 0. The van der Waals surface area contributed by atoms with Crippen LogP contribution in [0.4, 0.5) is 4.39 Å². The number of rotatable bonds is 3. The standard InChI is InChI=1S/C13H10FNO3/c1-18-11-7-8(5-6-15-11)9-3-2-4-10(12(9)14)13(16)17/h2-7H,1H3,(H,16,17). The highest BCUT2D eigenvalue weighted by molar-refractivity contribution is 5.90. The number of hydrogen-bond donors (Lipinski definition) is 1. The second-order valence-electron chi connectivity index (χ2n) is 3.56. The predicted octanol–water partition coefficient (Wildman–Crippen LogP) is 2.59. The SMILES string of the molecule is COc1cc(-c2cccc(C(=O)O)c2F)ccn1. The Labute approximate surface area is 103 Å². The fraction of sp³-hybridized carbons (Fsp3) is 0.0769. The Morgan fingerprint density at radius 2 is 2.17 bits per heavy atom. The first-order chi connectivity index (χ1) is 8.63. The van der Waals surface area contributed by atoms with Crippen LogP contribution in [0.5, 0.6) is 5.88 Å². The number of methoxy groups -OCH3 is 1. The van der Waals surface area contributed by atoms with Crippen LogP contribution in [0.2, 0.25) is 0 Å². The van der Waals surface area contributed by atoms with Crippen molar-refractivity contribution in [1.82, 2.24) is 4.98 Å². The van der Waals surface area contributed by atoms with Gasteiger partial charge in [-0.1, -0.05) is 12.1 Å². The van der Waals surface area contributed by atoms with Gasteiger partial charge in [-0.25, -0.2) is 14.2 Å². The lowest BCUT2D eigenvalue weighted by molar-refractivity contribution is 0.0692. The normalized spacial score (nSPS) is 10.1. The van der Waals surface area contributed by atoms with Gasteiger partial charge in [0.25, 0.3) is 0 Å². The third kappa shape index (κ3) is 2.15. The molecule has 1 heterocycles. The summed E-state index contributed by atoms with van der Waals surface area (Å²) in [6, 6.07) is 7.36. The third-order valence-electron chi connectivity index (χ3n) is 2.48. The topological polar surface area (TPSA) is 59.4 Å². The molecular weight excluding hydrogens is 237 g/mol. The van der Waals surface area contributed by atoms with E-state index in [4.69, 9.17) is 9.84 Å². The summed E-state index contributed by atoms with van der Waals surface area (Å²) in [5.74, 6) is -1.72. The summed E-state index contributed by atoms with van der Waals surface area (Å²) in [4.78, 5) is 14.8. The number of halogens is 1. The number of aromatic carboxylic acids is 1. The van der Waals surface area contributed by atoms with Gasteiger partial charge in [0.05, 0.1) is 12.7 Å². The van der Waals surface area contributed by atoms with Gasteiger partial charge < -0.3 is 9.84 Å². The zero-order chi connectivity index (χ0) is 13.1. The fourth-order valence-electron chi connectivity index (χ4n) is 1.61. The van der Waals surface area contributed by atoms with Crippen molar-refractivity contribution in [2.45, 2.75) is 0 Å². The van der Waals surface area contributed by atoms with Crippen molar-refractivity contribution >= 4 is 5.97 Å². The molecule has 1 N–H and O–H groups in total. The average molecular weight is 247 g/mol. The molecule has 92 valence electrons. The summed E-state index contributed by atoms with van der Waals surface area (Å²) < 4.78 is 18.9. The highest BCUT2D eigenvalue weighted by Gasteiger charge is 2.15. The van der Waals surface area contributed by atoms with Crippen LogP contribution < -0.4 is 4.74 Å². The minimum Gasteiger partial charge on any atom is -0.481 e. The summed E-state index contributed by atoms with van der Waals surface area (Å²) in [7, 11) is 1.45. The Kier molecular flexibility index (Phi) is 3.23. The summed E-state index contributed by atoms with van der Waals surface area (Å²) in [6.07, 6.45) is 1.47. The Balaban J connectivity index is 2.57. The van der Waals surface area contributed by atoms with Gasteiger partial charge in [0.15, 0.2) is 0 Å². The van der Waals surface area contributed by atoms with Crippen molar-refractivity contribution in [2.24, 2.45) is 0 Å². The molecular formula is C13H10FNO3. The second kappa shape index (κ2) is 4.83. The minimum absolute atomic E-state index is 0.204. The largest absolute Gasteiger partial charge is 0.481 e. The van der Waals surface area contributed by atoms with Crippen molar-refractivity contribution in [2.75, 3.05) is 7.11 Å². The van der Waals surface area contributed by atoms with Gasteiger partial charge in [0.2, 0.25) is 5.88 Å². The fourth-order valence-corrected chi connectivity index (χ4v) is 1.61. The second-order valence-corrected chi connectivity index (χ2v) is 3.56. The Hall–Kier alpha value is -2.43. The van der Waals surface area contributed by atoms with Gasteiger partial charge in [0, 0.05) is 17.8 Å². The summed E-state index contributed by atoms with van der Waals surface area (Å²) in [5, 5.41) is 8.86.